The van der Waals surface area contributed by atoms with Crippen molar-refractivity contribution in [3.8, 4) is 5.88 Å². The number of aromatic nitrogens is 1. The molecule has 96 valence electrons. The lowest BCUT2D eigenvalue weighted by molar-refractivity contribution is 0.290. The van der Waals surface area contributed by atoms with E-state index in [0.29, 0.717) is 0 Å². The molecule has 0 atom stereocenters. The fraction of sp³-hybridized carbons (Fsp3) is 0.643. The number of rotatable bonds is 7. The molecule has 0 unspecified atom stereocenters. The molecule has 0 aromatic carbocycles. The molecule has 1 heterocycles. The molecule has 0 radical (unpaired) electrons. The second kappa shape index (κ2) is 7.28. The van der Waals surface area contributed by atoms with E-state index in [1.54, 1.807) is 0 Å². The largest absolute Gasteiger partial charge is 0.477 e. The quantitative estimate of drug-likeness (QED) is 0.739. The van der Waals surface area contributed by atoms with Gasteiger partial charge in [0.2, 0.25) is 5.88 Å². The lowest BCUT2D eigenvalue weighted by Gasteiger charge is -2.13. The molecule has 3 nitrogen and oxygen atoms in total. The summed E-state index contributed by atoms with van der Waals surface area (Å²) in [7, 11) is 1.94. The molecule has 0 aliphatic rings. The molecule has 3 heteroatoms. The van der Waals surface area contributed by atoms with Crippen molar-refractivity contribution < 1.29 is 4.74 Å². The first kappa shape index (κ1) is 14.0. The van der Waals surface area contributed by atoms with Crippen molar-refractivity contribution in [3.63, 3.8) is 0 Å². The zero-order chi connectivity index (χ0) is 12.7. The Labute approximate surface area is 105 Å². The molecule has 1 N–H and O–H groups in total. The summed E-state index contributed by atoms with van der Waals surface area (Å²) >= 11 is 0. The van der Waals surface area contributed by atoms with Crippen molar-refractivity contribution in [3.05, 3.63) is 22.9 Å². The number of unbranched alkanes of at least 4 members (excludes halogenated alkanes) is 2. The van der Waals surface area contributed by atoms with Gasteiger partial charge in [-0.1, -0.05) is 19.8 Å². The van der Waals surface area contributed by atoms with Crippen LogP contribution in [0.3, 0.4) is 0 Å². The minimum Gasteiger partial charge on any atom is -0.477 e. The van der Waals surface area contributed by atoms with Crippen LogP contribution in [0, 0.1) is 13.8 Å². The van der Waals surface area contributed by atoms with Gasteiger partial charge in [-0.15, -0.1) is 0 Å². The Hall–Kier alpha value is -1.09. The highest BCUT2D eigenvalue weighted by Gasteiger charge is 2.09. The highest BCUT2D eigenvalue weighted by molar-refractivity contribution is 5.35. The van der Waals surface area contributed by atoms with Gasteiger partial charge >= 0.3 is 0 Å². The van der Waals surface area contributed by atoms with Crippen LogP contribution in [0.2, 0.25) is 0 Å². The predicted octanol–water partition coefficient (Wildman–Crippen LogP) is 2.99. The highest BCUT2D eigenvalue weighted by Crippen LogP contribution is 2.21. The van der Waals surface area contributed by atoms with E-state index in [9.17, 15) is 0 Å². The van der Waals surface area contributed by atoms with Crippen molar-refractivity contribution in [1.82, 2.24) is 10.3 Å². The lowest BCUT2D eigenvalue weighted by Crippen LogP contribution is -2.11. The summed E-state index contributed by atoms with van der Waals surface area (Å²) in [5.41, 5.74) is 3.44. The van der Waals surface area contributed by atoms with Crippen LogP contribution < -0.4 is 10.1 Å². The van der Waals surface area contributed by atoms with Crippen LogP contribution >= 0.6 is 0 Å². The van der Waals surface area contributed by atoms with Gasteiger partial charge in [0.25, 0.3) is 0 Å². The topological polar surface area (TPSA) is 34.1 Å². The van der Waals surface area contributed by atoms with Gasteiger partial charge in [-0.25, -0.2) is 4.98 Å². The van der Waals surface area contributed by atoms with Crippen molar-refractivity contribution in [2.24, 2.45) is 0 Å². The molecular formula is C14H24N2O. The van der Waals surface area contributed by atoms with Crippen LogP contribution in [0.1, 0.15) is 43.0 Å². The maximum atomic E-state index is 5.80. The first-order valence-corrected chi connectivity index (χ1v) is 6.43. The molecule has 0 fully saturated rings. The van der Waals surface area contributed by atoms with E-state index >= 15 is 0 Å². The van der Waals surface area contributed by atoms with Gasteiger partial charge in [0.05, 0.1) is 6.61 Å². The number of hydrogen-bond acceptors (Lipinski definition) is 3. The van der Waals surface area contributed by atoms with Crippen molar-refractivity contribution in [2.45, 2.75) is 46.6 Å². The third-order valence-electron chi connectivity index (χ3n) is 2.78. The van der Waals surface area contributed by atoms with Gasteiger partial charge in [-0.2, -0.15) is 0 Å². The number of nitrogens with zero attached hydrogens (tertiary/aromatic N) is 1. The van der Waals surface area contributed by atoms with Gasteiger partial charge in [0.1, 0.15) is 0 Å². The van der Waals surface area contributed by atoms with Gasteiger partial charge < -0.3 is 10.1 Å². The van der Waals surface area contributed by atoms with Crippen LogP contribution in [-0.2, 0) is 6.54 Å². The molecule has 0 saturated carbocycles. The Balaban J connectivity index is 2.73. The molecule has 0 aliphatic heterocycles. The molecule has 0 aliphatic carbocycles. The Bertz CT molecular complexity index is 350. The van der Waals surface area contributed by atoms with E-state index in [2.05, 4.69) is 30.2 Å². The maximum absolute atomic E-state index is 5.80. The second-order valence-electron chi connectivity index (χ2n) is 4.45. The fourth-order valence-corrected chi connectivity index (χ4v) is 1.86. The number of aryl methyl sites for hydroxylation is 2. The van der Waals surface area contributed by atoms with Gasteiger partial charge in [0.15, 0.2) is 0 Å². The second-order valence-corrected chi connectivity index (χ2v) is 4.45. The molecule has 0 amide bonds. The summed E-state index contributed by atoms with van der Waals surface area (Å²) in [5, 5.41) is 3.17. The van der Waals surface area contributed by atoms with Gasteiger partial charge in [-0.05, 0) is 38.9 Å². The van der Waals surface area contributed by atoms with E-state index in [4.69, 9.17) is 4.74 Å². The van der Waals surface area contributed by atoms with Crippen LogP contribution in [0.25, 0.3) is 0 Å². The van der Waals surface area contributed by atoms with Crippen molar-refractivity contribution >= 4 is 0 Å². The van der Waals surface area contributed by atoms with Gasteiger partial charge in [0, 0.05) is 17.8 Å². The van der Waals surface area contributed by atoms with Crippen LogP contribution in [0.15, 0.2) is 6.07 Å². The summed E-state index contributed by atoms with van der Waals surface area (Å²) in [6, 6.07) is 2.10. The third kappa shape index (κ3) is 4.35. The predicted molar refractivity (Wildman–Crippen MR) is 71.5 cm³/mol. The van der Waals surface area contributed by atoms with Crippen molar-refractivity contribution in [2.75, 3.05) is 13.7 Å². The minimum atomic E-state index is 0.764. The number of ether oxygens (including phenoxy) is 1. The average Bonchev–Trinajstić information content (AvgIpc) is 2.29. The summed E-state index contributed by atoms with van der Waals surface area (Å²) in [6.07, 6.45) is 3.53. The molecular weight excluding hydrogens is 212 g/mol. The molecule has 1 aromatic rings. The van der Waals surface area contributed by atoms with Crippen LogP contribution in [-0.4, -0.2) is 18.6 Å². The van der Waals surface area contributed by atoms with Crippen LogP contribution in [0.5, 0.6) is 5.88 Å². The number of hydrogen-bond donors (Lipinski definition) is 1. The molecule has 0 saturated heterocycles. The summed E-state index contributed by atoms with van der Waals surface area (Å²) < 4.78 is 5.80. The normalized spacial score (nSPS) is 10.6. The van der Waals surface area contributed by atoms with E-state index in [0.717, 1.165) is 31.1 Å². The van der Waals surface area contributed by atoms with E-state index in [1.807, 2.05) is 14.0 Å². The van der Waals surface area contributed by atoms with E-state index < -0.39 is 0 Å². The smallest absolute Gasteiger partial charge is 0.218 e. The summed E-state index contributed by atoms with van der Waals surface area (Å²) in [6.45, 7) is 7.89. The minimum absolute atomic E-state index is 0.764. The summed E-state index contributed by atoms with van der Waals surface area (Å²) in [5.74, 6) is 0.799. The first-order valence-electron chi connectivity index (χ1n) is 6.43. The molecule has 17 heavy (non-hydrogen) atoms. The lowest BCUT2D eigenvalue weighted by atomic mass is 10.1. The molecule has 0 bridgehead atoms. The van der Waals surface area contributed by atoms with E-state index in [-0.39, 0.29) is 0 Å². The Morgan fingerprint density at radius 3 is 2.71 bits per heavy atom. The molecule has 0 spiro atoms. The number of nitrogens with one attached hydrogen (secondary N) is 1. The Kier molecular flexibility index (Phi) is 5.98. The molecule has 1 rings (SSSR count). The summed E-state index contributed by atoms with van der Waals surface area (Å²) in [4.78, 5) is 4.49. The monoisotopic (exact) mass is 236 g/mol. The average molecular weight is 236 g/mol. The number of pyridine rings is 1. The first-order chi connectivity index (χ1) is 8.19. The maximum Gasteiger partial charge on any atom is 0.218 e. The standard InChI is InChI=1S/C14H24N2O/c1-5-6-7-8-17-14-13(10-15-4)11(2)9-12(3)16-14/h9,15H,5-8,10H2,1-4H3. The fourth-order valence-electron chi connectivity index (χ4n) is 1.86. The molecule has 1 aromatic heterocycles. The zero-order valence-electron chi connectivity index (χ0n) is 11.5. The van der Waals surface area contributed by atoms with Gasteiger partial charge in [-0.3, -0.25) is 0 Å². The van der Waals surface area contributed by atoms with Crippen molar-refractivity contribution in [1.29, 1.82) is 0 Å². The Morgan fingerprint density at radius 1 is 1.29 bits per heavy atom. The zero-order valence-corrected chi connectivity index (χ0v) is 11.5. The third-order valence-corrected chi connectivity index (χ3v) is 2.78. The highest BCUT2D eigenvalue weighted by atomic mass is 16.5. The van der Waals surface area contributed by atoms with E-state index in [1.165, 1.54) is 24.0 Å². The van der Waals surface area contributed by atoms with Crippen LogP contribution in [0.4, 0.5) is 0 Å². The SMILES string of the molecule is CCCCCOc1nc(C)cc(C)c1CNC. The Morgan fingerprint density at radius 2 is 2.06 bits per heavy atom.